The van der Waals surface area contributed by atoms with Crippen molar-refractivity contribution >= 4 is 54.9 Å². The minimum atomic E-state index is -0.495. The lowest BCUT2D eigenvalue weighted by atomic mass is 10.2. The van der Waals surface area contributed by atoms with Crippen molar-refractivity contribution in [3.05, 3.63) is 81.7 Å². The average molecular weight is 690 g/mol. The van der Waals surface area contributed by atoms with Gasteiger partial charge in [0.15, 0.2) is 33.3 Å². The van der Waals surface area contributed by atoms with E-state index < -0.39 is 11.8 Å². The second-order valence-electron chi connectivity index (χ2n) is 10.5. The van der Waals surface area contributed by atoms with Gasteiger partial charge in [-0.2, -0.15) is 5.10 Å². The molecule has 0 fully saturated rings. The van der Waals surface area contributed by atoms with Gasteiger partial charge in [0.2, 0.25) is 0 Å². The number of para-hydroxylation sites is 1. The van der Waals surface area contributed by atoms with Crippen molar-refractivity contribution in [1.29, 1.82) is 0 Å². The van der Waals surface area contributed by atoms with Crippen LogP contribution in [0.2, 0.25) is 0 Å². The lowest BCUT2D eigenvalue weighted by Crippen LogP contribution is -2.16. The fraction of sp³-hybridized carbons (Fsp3) is 0.324. The summed E-state index contributed by atoms with van der Waals surface area (Å²) in [6.45, 7) is 5.77. The first-order valence-corrected chi connectivity index (χ1v) is 17.2. The van der Waals surface area contributed by atoms with E-state index in [1.54, 1.807) is 30.4 Å². The van der Waals surface area contributed by atoms with Crippen LogP contribution >= 0.6 is 22.7 Å². The molecule has 11 nitrogen and oxygen atoms in total. The van der Waals surface area contributed by atoms with E-state index >= 15 is 0 Å². The van der Waals surface area contributed by atoms with Gasteiger partial charge in [-0.05, 0) is 81.6 Å². The third-order valence-corrected chi connectivity index (χ3v) is 8.86. The zero-order valence-corrected chi connectivity index (χ0v) is 28.3. The second kappa shape index (κ2) is 17.5. The molecule has 0 radical (unpaired) electrons. The van der Waals surface area contributed by atoms with E-state index in [-0.39, 0.29) is 31.3 Å². The third-order valence-electron chi connectivity index (χ3n) is 6.84. The van der Waals surface area contributed by atoms with Crippen LogP contribution in [0.1, 0.15) is 52.0 Å². The van der Waals surface area contributed by atoms with Crippen LogP contribution in [0.4, 0.5) is 20.5 Å². The molecule has 0 amide bonds. The molecular formula is C34H36FN7O4S2. The van der Waals surface area contributed by atoms with Crippen LogP contribution in [0.5, 0.6) is 5.75 Å². The fourth-order valence-corrected chi connectivity index (χ4v) is 6.36. The summed E-state index contributed by atoms with van der Waals surface area (Å²) >= 11 is 2.91. The molecule has 0 aliphatic rings. The zero-order chi connectivity index (χ0) is 33.7. The number of aromatic nitrogens is 4. The summed E-state index contributed by atoms with van der Waals surface area (Å²) in [7, 11) is 0. The van der Waals surface area contributed by atoms with Crippen molar-refractivity contribution in [2.45, 2.75) is 39.7 Å². The molecule has 0 unspecified atom stereocenters. The minimum absolute atomic E-state index is 0.125. The number of ether oxygens (including phenoxy) is 2. The van der Waals surface area contributed by atoms with E-state index in [4.69, 9.17) is 14.6 Å². The molecule has 5 rings (SSSR count). The van der Waals surface area contributed by atoms with Crippen LogP contribution in [0.3, 0.4) is 0 Å². The van der Waals surface area contributed by atoms with Gasteiger partial charge in [-0.15, -0.1) is 16.4 Å². The summed E-state index contributed by atoms with van der Waals surface area (Å²) in [4.78, 5) is 22.5. The predicted molar refractivity (Wildman–Crippen MR) is 187 cm³/mol. The molecule has 0 saturated heterocycles. The van der Waals surface area contributed by atoms with Gasteiger partial charge in [-0.3, -0.25) is 0 Å². The van der Waals surface area contributed by atoms with Crippen LogP contribution in [-0.4, -0.2) is 64.2 Å². The SMILES string of the molecule is CCOC(=O)c1nc(NCc2cc(C)c(Nc3nc4ccccc4s3)nn2)sc1CCCOc1ccc(C#CCNCCCO)cc1F. The van der Waals surface area contributed by atoms with Crippen molar-refractivity contribution in [2.75, 3.05) is 43.5 Å². The van der Waals surface area contributed by atoms with Crippen molar-refractivity contribution < 1.29 is 23.8 Å². The van der Waals surface area contributed by atoms with E-state index in [2.05, 4.69) is 48.0 Å². The standard InChI is InChI=1S/C34H36FN7O4S2/c1-3-45-32(44)30-29(12-7-18-46-27-14-13-23(20-25(27)35)9-6-15-36-16-8-17-43)48-33(39-30)37-21-24-19-22(2)31(42-41-24)40-34-38-26-10-4-5-11-28(26)47-34/h4-5,10-11,13-14,19-20,36,43H,3,7-8,12,15-18,21H2,1-2H3,(H,37,39)(H,38,40,42). The van der Waals surface area contributed by atoms with Crippen molar-refractivity contribution in [2.24, 2.45) is 0 Å². The molecule has 5 aromatic rings. The number of fused-ring (bicyclic) bond motifs is 1. The average Bonchev–Trinajstić information content (AvgIpc) is 3.69. The van der Waals surface area contributed by atoms with Gasteiger partial charge in [0.1, 0.15) is 0 Å². The summed E-state index contributed by atoms with van der Waals surface area (Å²) in [6.07, 6.45) is 1.68. The summed E-state index contributed by atoms with van der Waals surface area (Å²) in [5.74, 6) is 5.61. The Hall–Kier alpha value is -4.68. The van der Waals surface area contributed by atoms with Gasteiger partial charge in [-0.25, -0.2) is 19.2 Å². The van der Waals surface area contributed by atoms with Gasteiger partial charge in [0.05, 0.1) is 42.2 Å². The number of nitrogens with zero attached hydrogens (tertiary/aromatic N) is 4. The predicted octanol–water partition coefficient (Wildman–Crippen LogP) is 5.86. The topological polar surface area (TPSA) is 143 Å². The maximum atomic E-state index is 14.6. The van der Waals surface area contributed by atoms with Gasteiger partial charge < -0.3 is 30.5 Å². The van der Waals surface area contributed by atoms with Crippen molar-refractivity contribution in [3.8, 4) is 17.6 Å². The monoisotopic (exact) mass is 689 g/mol. The molecule has 3 aromatic heterocycles. The maximum Gasteiger partial charge on any atom is 0.358 e. The largest absolute Gasteiger partial charge is 0.491 e. The number of aliphatic hydroxyl groups is 1. The number of halogens is 1. The van der Waals surface area contributed by atoms with Crippen LogP contribution in [0.25, 0.3) is 10.2 Å². The van der Waals surface area contributed by atoms with Gasteiger partial charge >= 0.3 is 5.97 Å². The van der Waals surface area contributed by atoms with E-state index in [0.29, 0.717) is 61.1 Å². The lowest BCUT2D eigenvalue weighted by molar-refractivity contribution is 0.0519. The Morgan fingerprint density at radius 1 is 1.06 bits per heavy atom. The number of hydrogen-bond donors (Lipinski definition) is 4. The molecule has 0 aliphatic carbocycles. The molecule has 250 valence electrons. The van der Waals surface area contributed by atoms with E-state index in [1.165, 1.54) is 17.4 Å². The molecule has 2 aromatic carbocycles. The number of benzene rings is 2. The number of hydrogen-bond acceptors (Lipinski definition) is 13. The summed E-state index contributed by atoms with van der Waals surface area (Å²) in [5.41, 5.74) is 3.34. The number of thiazole rings is 2. The van der Waals surface area contributed by atoms with Crippen molar-refractivity contribution in [1.82, 2.24) is 25.5 Å². The van der Waals surface area contributed by atoms with Gasteiger partial charge in [0.25, 0.3) is 0 Å². The second-order valence-corrected chi connectivity index (χ2v) is 12.6. The Morgan fingerprint density at radius 2 is 1.94 bits per heavy atom. The van der Waals surface area contributed by atoms with Crippen LogP contribution in [0.15, 0.2) is 48.5 Å². The number of carbonyl (C=O) groups is 1. The van der Waals surface area contributed by atoms with E-state index in [1.807, 2.05) is 37.3 Å². The molecule has 0 spiro atoms. The highest BCUT2D eigenvalue weighted by atomic mass is 32.1. The molecular weight excluding hydrogens is 654 g/mol. The number of anilines is 3. The molecule has 3 heterocycles. The van der Waals surface area contributed by atoms with Gasteiger partial charge in [0, 0.05) is 17.0 Å². The number of aryl methyl sites for hydroxylation is 2. The molecule has 0 atom stereocenters. The fourth-order valence-electron chi connectivity index (χ4n) is 4.51. The number of rotatable bonds is 16. The maximum absolute atomic E-state index is 14.6. The number of aliphatic hydroxyl groups excluding tert-OH is 1. The smallest absolute Gasteiger partial charge is 0.358 e. The number of carbonyl (C=O) groups excluding carboxylic acids is 1. The van der Waals surface area contributed by atoms with Crippen LogP contribution in [0, 0.1) is 24.6 Å². The highest BCUT2D eigenvalue weighted by molar-refractivity contribution is 7.22. The van der Waals surface area contributed by atoms with E-state index in [9.17, 15) is 9.18 Å². The Morgan fingerprint density at radius 3 is 2.73 bits per heavy atom. The first kappa shape index (κ1) is 34.6. The lowest BCUT2D eigenvalue weighted by Gasteiger charge is -2.07. The molecule has 0 bridgehead atoms. The third kappa shape index (κ3) is 9.68. The highest BCUT2D eigenvalue weighted by Crippen LogP contribution is 2.29. The Labute approximate surface area is 286 Å². The molecule has 14 heteroatoms. The van der Waals surface area contributed by atoms with Crippen LogP contribution in [-0.2, 0) is 17.7 Å². The van der Waals surface area contributed by atoms with E-state index in [0.717, 1.165) is 25.8 Å². The number of esters is 1. The van der Waals surface area contributed by atoms with Crippen molar-refractivity contribution in [3.63, 3.8) is 0 Å². The highest BCUT2D eigenvalue weighted by Gasteiger charge is 2.20. The first-order chi connectivity index (χ1) is 23.4. The Kier molecular flexibility index (Phi) is 12.6. The molecule has 0 aliphatic heterocycles. The normalized spacial score (nSPS) is 10.8. The summed E-state index contributed by atoms with van der Waals surface area (Å²) in [6, 6.07) is 14.5. The molecule has 4 N–H and O–H groups in total. The quantitative estimate of drug-likeness (QED) is 0.0562. The number of nitrogens with one attached hydrogen (secondary N) is 3. The first-order valence-electron chi connectivity index (χ1n) is 15.5. The molecule has 48 heavy (non-hydrogen) atoms. The zero-order valence-electron chi connectivity index (χ0n) is 26.6. The summed E-state index contributed by atoms with van der Waals surface area (Å²) in [5, 5.41) is 28.4. The van der Waals surface area contributed by atoms with Gasteiger partial charge in [-0.1, -0.05) is 35.3 Å². The van der Waals surface area contributed by atoms with Crippen LogP contribution < -0.4 is 20.7 Å². The minimum Gasteiger partial charge on any atom is -0.491 e. The summed E-state index contributed by atoms with van der Waals surface area (Å²) < 4.78 is 26.6. The molecule has 0 saturated carbocycles. The Balaban J connectivity index is 1.14. The Bertz CT molecular complexity index is 1870.